The van der Waals surface area contributed by atoms with E-state index in [9.17, 15) is 24.5 Å². The minimum Gasteiger partial charge on any atom is -0.490 e. The molecule has 1 aromatic carbocycles. The highest BCUT2D eigenvalue weighted by molar-refractivity contribution is 5.93. The molecule has 0 fully saturated rings. The van der Waals surface area contributed by atoms with Crippen molar-refractivity contribution in [3.63, 3.8) is 0 Å². The Morgan fingerprint density at radius 3 is 2.44 bits per heavy atom. The molecule has 0 radical (unpaired) electrons. The maximum atomic E-state index is 12.0. The number of hydrogen-bond acceptors (Lipinski definition) is 8. The largest absolute Gasteiger partial charge is 0.490 e. The fourth-order valence-electron chi connectivity index (χ4n) is 2.19. The van der Waals surface area contributed by atoms with Crippen molar-refractivity contribution in [1.29, 1.82) is 0 Å². The zero-order chi connectivity index (χ0) is 20.6. The standard InChI is InChI=1S/C17H22N2O8/c1-5-10(2)15(17(22)26-4)18-14(20)9-27-16(21)11-6-7-13(25-3)12(8-11)19(23)24/h6-8,10,15H,5,9H2,1-4H3,(H,18,20)/t10-,15+/m0/s1. The first-order valence-corrected chi connectivity index (χ1v) is 8.11. The van der Waals surface area contributed by atoms with Crippen LogP contribution in [0.1, 0.15) is 30.6 Å². The molecule has 1 aromatic rings. The van der Waals surface area contributed by atoms with Crippen LogP contribution in [0, 0.1) is 16.0 Å². The second-order valence-electron chi connectivity index (χ2n) is 5.67. The average molecular weight is 382 g/mol. The lowest BCUT2D eigenvalue weighted by Gasteiger charge is -2.21. The van der Waals surface area contributed by atoms with Gasteiger partial charge < -0.3 is 19.5 Å². The van der Waals surface area contributed by atoms with Gasteiger partial charge in [-0.05, 0) is 18.1 Å². The molecule has 0 bridgehead atoms. The third kappa shape index (κ3) is 5.94. The number of amides is 1. The molecule has 10 nitrogen and oxygen atoms in total. The van der Waals surface area contributed by atoms with Gasteiger partial charge in [-0.25, -0.2) is 9.59 Å². The first kappa shape index (κ1) is 21.9. The fourth-order valence-corrected chi connectivity index (χ4v) is 2.19. The van der Waals surface area contributed by atoms with E-state index in [-0.39, 0.29) is 17.2 Å². The van der Waals surface area contributed by atoms with E-state index in [0.29, 0.717) is 6.42 Å². The van der Waals surface area contributed by atoms with Crippen LogP contribution in [-0.4, -0.2) is 49.6 Å². The second-order valence-corrected chi connectivity index (χ2v) is 5.67. The van der Waals surface area contributed by atoms with Gasteiger partial charge in [0.2, 0.25) is 0 Å². The summed E-state index contributed by atoms with van der Waals surface area (Å²) in [5.41, 5.74) is -0.513. The predicted molar refractivity (Wildman–Crippen MR) is 93.3 cm³/mol. The molecule has 0 heterocycles. The molecule has 0 saturated heterocycles. The predicted octanol–water partition coefficient (Wildman–Crippen LogP) is 1.46. The molecule has 0 aliphatic carbocycles. The highest BCUT2D eigenvalue weighted by Gasteiger charge is 2.27. The Bertz CT molecular complexity index is 719. The van der Waals surface area contributed by atoms with Crippen molar-refractivity contribution in [3.05, 3.63) is 33.9 Å². The van der Waals surface area contributed by atoms with Crippen LogP contribution in [-0.2, 0) is 19.1 Å². The van der Waals surface area contributed by atoms with Crippen molar-refractivity contribution in [3.8, 4) is 5.75 Å². The van der Waals surface area contributed by atoms with E-state index >= 15 is 0 Å². The van der Waals surface area contributed by atoms with Crippen LogP contribution >= 0.6 is 0 Å². The molecule has 148 valence electrons. The van der Waals surface area contributed by atoms with Gasteiger partial charge >= 0.3 is 17.6 Å². The summed E-state index contributed by atoms with van der Waals surface area (Å²) in [6, 6.07) is 2.66. The quantitative estimate of drug-likeness (QED) is 0.385. The van der Waals surface area contributed by atoms with E-state index < -0.39 is 41.1 Å². The van der Waals surface area contributed by atoms with Crippen LogP contribution in [0.4, 0.5) is 5.69 Å². The molecule has 0 spiro atoms. The number of hydrogen-bond donors (Lipinski definition) is 1. The molecule has 0 saturated carbocycles. The highest BCUT2D eigenvalue weighted by atomic mass is 16.6. The maximum absolute atomic E-state index is 12.0. The normalized spacial score (nSPS) is 12.4. The number of esters is 2. The third-order valence-corrected chi connectivity index (χ3v) is 3.93. The summed E-state index contributed by atoms with van der Waals surface area (Å²) >= 11 is 0. The second kappa shape index (κ2) is 10.1. The average Bonchev–Trinajstić information content (AvgIpc) is 2.68. The lowest BCUT2D eigenvalue weighted by Crippen LogP contribution is -2.47. The summed E-state index contributed by atoms with van der Waals surface area (Å²) in [6.45, 7) is 2.97. The van der Waals surface area contributed by atoms with Crippen LogP contribution in [0.25, 0.3) is 0 Å². The molecule has 27 heavy (non-hydrogen) atoms. The van der Waals surface area contributed by atoms with Crippen LogP contribution in [0.5, 0.6) is 5.75 Å². The molecular weight excluding hydrogens is 360 g/mol. The van der Waals surface area contributed by atoms with E-state index in [1.54, 1.807) is 6.92 Å². The van der Waals surface area contributed by atoms with E-state index in [2.05, 4.69) is 10.1 Å². The van der Waals surface area contributed by atoms with Crippen molar-refractivity contribution in [2.45, 2.75) is 26.3 Å². The number of rotatable bonds is 9. The van der Waals surface area contributed by atoms with Gasteiger partial charge in [-0.3, -0.25) is 14.9 Å². The Morgan fingerprint density at radius 1 is 1.26 bits per heavy atom. The molecule has 0 unspecified atom stereocenters. The lowest BCUT2D eigenvalue weighted by molar-refractivity contribution is -0.385. The minimum absolute atomic E-state index is 0.0104. The summed E-state index contributed by atoms with van der Waals surface area (Å²) in [7, 11) is 2.47. The zero-order valence-corrected chi connectivity index (χ0v) is 15.5. The number of ether oxygens (including phenoxy) is 3. The summed E-state index contributed by atoms with van der Waals surface area (Å²) < 4.78 is 14.4. The van der Waals surface area contributed by atoms with Crippen LogP contribution in [0.3, 0.4) is 0 Å². The third-order valence-electron chi connectivity index (χ3n) is 3.93. The number of nitrogens with one attached hydrogen (secondary N) is 1. The topological polar surface area (TPSA) is 134 Å². The van der Waals surface area contributed by atoms with Crippen LogP contribution in [0.2, 0.25) is 0 Å². The Kier molecular flexibility index (Phi) is 8.18. The fraction of sp³-hybridized carbons (Fsp3) is 0.471. The number of carbonyl (C=O) groups excluding carboxylic acids is 3. The van der Waals surface area contributed by atoms with Crippen LogP contribution in [0.15, 0.2) is 18.2 Å². The molecule has 0 aromatic heterocycles. The maximum Gasteiger partial charge on any atom is 0.338 e. The highest BCUT2D eigenvalue weighted by Crippen LogP contribution is 2.27. The van der Waals surface area contributed by atoms with E-state index in [1.807, 2.05) is 6.92 Å². The molecule has 0 aliphatic rings. The summed E-state index contributed by atoms with van der Waals surface area (Å²) in [6.07, 6.45) is 0.620. The first-order valence-electron chi connectivity index (χ1n) is 8.11. The Balaban J connectivity index is 2.76. The van der Waals surface area contributed by atoms with Gasteiger partial charge in [0, 0.05) is 6.07 Å². The van der Waals surface area contributed by atoms with Crippen molar-refractivity contribution in [1.82, 2.24) is 5.32 Å². The summed E-state index contributed by atoms with van der Waals surface area (Å²) in [4.78, 5) is 46.1. The van der Waals surface area contributed by atoms with E-state index in [1.165, 1.54) is 26.4 Å². The number of benzene rings is 1. The molecule has 1 rings (SSSR count). The zero-order valence-electron chi connectivity index (χ0n) is 15.5. The molecule has 1 N–H and O–H groups in total. The van der Waals surface area contributed by atoms with Gasteiger partial charge in [0.15, 0.2) is 12.4 Å². The van der Waals surface area contributed by atoms with Crippen molar-refractivity contribution in [2.24, 2.45) is 5.92 Å². The molecule has 1 amide bonds. The van der Waals surface area contributed by atoms with Crippen molar-refractivity contribution < 1.29 is 33.5 Å². The van der Waals surface area contributed by atoms with Gasteiger partial charge in [0.25, 0.3) is 5.91 Å². The summed E-state index contributed by atoms with van der Waals surface area (Å²) in [5, 5.41) is 13.4. The van der Waals surface area contributed by atoms with Crippen molar-refractivity contribution >= 4 is 23.5 Å². The number of carbonyl (C=O) groups is 3. The van der Waals surface area contributed by atoms with E-state index in [0.717, 1.165) is 6.07 Å². The Hall–Kier alpha value is -3.17. The van der Waals surface area contributed by atoms with E-state index in [4.69, 9.17) is 9.47 Å². The molecular formula is C17H22N2O8. The minimum atomic E-state index is -0.922. The SMILES string of the molecule is CC[C@H](C)[C@@H](NC(=O)COC(=O)c1ccc(OC)c([N+](=O)[O-])c1)C(=O)OC. The monoisotopic (exact) mass is 382 g/mol. The number of methoxy groups -OCH3 is 2. The van der Waals surface area contributed by atoms with Gasteiger partial charge in [-0.1, -0.05) is 20.3 Å². The molecule has 2 atom stereocenters. The van der Waals surface area contributed by atoms with Gasteiger partial charge in [0.05, 0.1) is 24.7 Å². The Labute approximate surface area is 155 Å². The van der Waals surface area contributed by atoms with Crippen molar-refractivity contribution in [2.75, 3.05) is 20.8 Å². The lowest BCUT2D eigenvalue weighted by atomic mass is 9.99. The number of nitrogens with zero attached hydrogens (tertiary/aromatic N) is 1. The van der Waals surface area contributed by atoms with Crippen LogP contribution < -0.4 is 10.1 Å². The summed E-state index contributed by atoms with van der Waals surface area (Å²) in [5.74, 6) is -2.41. The molecule has 10 heteroatoms. The number of nitro benzene ring substituents is 1. The van der Waals surface area contributed by atoms with Gasteiger partial charge in [-0.15, -0.1) is 0 Å². The molecule has 0 aliphatic heterocycles. The Morgan fingerprint density at radius 2 is 1.93 bits per heavy atom. The number of nitro groups is 1. The van der Waals surface area contributed by atoms with Gasteiger partial charge in [-0.2, -0.15) is 0 Å². The van der Waals surface area contributed by atoms with Gasteiger partial charge in [0.1, 0.15) is 6.04 Å². The first-order chi connectivity index (χ1) is 12.7. The smallest absolute Gasteiger partial charge is 0.338 e.